The number of fused-ring (bicyclic) bond motifs is 1. The lowest BCUT2D eigenvalue weighted by Gasteiger charge is -2.10. The van der Waals surface area contributed by atoms with E-state index in [2.05, 4.69) is 0 Å². The highest BCUT2D eigenvalue weighted by Crippen LogP contribution is 2.30. The molecule has 0 aliphatic carbocycles. The first-order chi connectivity index (χ1) is 16.6. The van der Waals surface area contributed by atoms with Gasteiger partial charge in [0.15, 0.2) is 0 Å². The minimum Gasteiger partial charge on any atom is -0.489 e. The summed E-state index contributed by atoms with van der Waals surface area (Å²) in [6.45, 7) is 0.908. The fourth-order valence-electron chi connectivity index (χ4n) is 3.83. The maximum atomic E-state index is 13.4. The van der Waals surface area contributed by atoms with Crippen LogP contribution in [-0.4, -0.2) is 14.5 Å². The van der Waals surface area contributed by atoms with Crippen molar-refractivity contribution in [1.29, 1.82) is 0 Å². The average molecular weight is 453 g/mol. The van der Waals surface area contributed by atoms with Crippen molar-refractivity contribution in [3.8, 4) is 17.1 Å². The van der Waals surface area contributed by atoms with Gasteiger partial charge in [0, 0.05) is 30.3 Å². The summed E-state index contributed by atoms with van der Waals surface area (Å²) in [5.74, 6) is 1.06. The second-order valence-electron chi connectivity index (χ2n) is 7.88. The topological polar surface area (TPSA) is 70.2 Å². The Morgan fingerprint density at radius 1 is 0.882 bits per heavy atom. The second kappa shape index (κ2) is 9.15. The summed E-state index contributed by atoms with van der Waals surface area (Å²) in [5.41, 5.74) is 4.35. The van der Waals surface area contributed by atoms with Crippen LogP contribution in [0.3, 0.4) is 0 Å². The molecule has 5 rings (SSSR count). The van der Waals surface area contributed by atoms with Crippen molar-refractivity contribution in [3.05, 3.63) is 124 Å². The Bertz CT molecular complexity index is 1450. The summed E-state index contributed by atoms with van der Waals surface area (Å²) in [6.07, 6.45) is 0. The van der Waals surface area contributed by atoms with Crippen LogP contribution in [0, 0.1) is 15.9 Å². The lowest BCUT2D eigenvalue weighted by atomic mass is 10.1. The van der Waals surface area contributed by atoms with E-state index in [1.54, 1.807) is 24.3 Å². The van der Waals surface area contributed by atoms with Crippen molar-refractivity contribution < 1.29 is 14.1 Å². The molecule has 0 N–H and O–H groups in total. The summed E-state index contributed by atoms with van der Waals surface area (Å²) in [6, 6.07) is 28.3. The van der Waals surface area contributed by atoms with Crippen LogP contribution in [0.1, 0.15) is 11.1 Å². The Kier molecular flexibility index (Phi) is 5.74. The Morgan fingerprint density at radius 2 is 1.62 bits per heavy atom. The predicted octanol–water partition coefficient (Wildman–Crippen LogP) is 6.38. The number of hydrogen-bond donors (Lipinski definition) is 0. The first-order valence-electron chi connectivity index (χ1n) is 10.7. The zero-order valence-corrected chi connectivity index (χ0v) is 18.1. The Morgan fingerprint density at radius 3 is 2.32 bits per heavy atom. The zero-order chi connectivity index (χ0) is 23.5. The SMILES string of the molecule is O=[N+]([O-])c1ccc(-c2nc3cc(OCc4ccccc4)ccc3n2Cc2ccc(F)cc2)cc1. The van der Waals surface area contributed by atoms with E-state index in [0.717, 1.165) is 27.7 Å². The first kappa shape index (κ1) is 21.3. The number of nitro groups is 1. The second-order valence-corrected chi connectivity index (χ2v) is 7.88. The van der Waals surface area contributed by atoms with Crippen molar-refractivity contribution in [3.63, 3.8) is 0 Å². The van der Waals surface area contributed by atoms with E-state index in [9.17, 15) is 14.5 Å². The van der Waals surface area contributed by atoms with Crippen LogP contribution in [0.5, 0.6) is 5.75 Å². The highest BCUT2D eigenvalue weighted by molar-refractivity contribution is 5.82. The molecule has 1 aromatic heterocycles. The van der Waals surface area contributed by atoms with Crippen LogP contribution >= 0.6 is 0 Å². The van der Waals surface area contributed by atoms with Crippen molar-refractivity contribution in [1.82, 2.24) is 9.55 Å². The maximum Gasteiger partial charge on any atom is 0.269 e. The van der Waals surface area contributed by atoms with E-state index in [4.69, 9.17) is 9.72 Å². The molecule has 0 unspecified atom stereocenters. The van der Waals surface area contributed by atoms with Crippen molar-refractivity contribution in [2.75, 3.05) is 0 Å². The number of nitro benzene ring substituents is 1. The molecule has 0 radical (unpaired) electrons. The Labute approximate surface area is 195 Å². The largest absolute Gasteiger partial charge is 0.489 e. The molecule has 0 fully saturated rings. The van der Waals surface area contributed by atoms with Gasteiger partial charge < -0.3 is 9.30 Å². The number of aromatic nitrogens is 2. The van der Waals surface area contributed by atoms with E-state index in [0.29, 0.717) is 24.7 Å². The van der Waals surface area contributed by atoms with Crippen LogP contribution < -0.4 is 4.74 Å². The fraction of sp³-hybridized carbons (Fsp3) is 0.0741. The Balaban J connectivity index is 1.53. The molecular formula is C27H20FN3O3. The van der Waals surface area contributed by atoms with Crippen molar-refractivity contribution >= 4 is 16.7 Å². The molecule has 0 saturated heterocycles. The predicted molar refractivity (Wildman–Crippen MR) is 128 cm³/mol. The normalized spacial score (nSPS) is 11.0. The molecular weight excluding hydrogens is 433 g/mol. The maximum absolute atomic E-state index is 13.4. The zero-order valence-electron chi connectivity index (χ0n) is 18.1. The molecule has 0 amide bonds. The number of ether oxygens (including phenoxy) is 1. The lowest BCUT2D eigenvalue weighted by molar-refractivity contribution is -0.384. The number of hydrogen-bond acceptors (Lipinski definition) is 4. The van der Waals surface area contributed by atoms with Gasteiger partial charge in [-0.05, 0) is 47.5 Å². The van der Waals surface area contributed by atoms with Gasteiger partial charge >= 0.3 is 0 Å². The molecule has 6 nitrogen and oxygen atoms in total. The molecule has 168 valence electrons. The standard InChI is InChI=1S/C27H20FN3O3/c28-22-10-6-19(7-11-22)17-30-26-15-14-24(34-18-20-4-2-1-3-5-20)16-25(26)29-27(30)21-8-12-23(13-9-21)31(32)33/h1-16H,17-18H2. The van der Waals surface area contributed by atoms with Gasteiger partial charge in [-0.2, -0.15) is 0 Å². The minimum atomic E-state index is -0.429. The average Bonchev–Trinajstić information content (AvgIpc) is 3.22. The van der Waals surface area contributed by atoms with E-state index in [1.807, 2.05) is 53.1 Å². The van der Waals surface area contributed by atoms with E-state index in [1.165, 1.54) is 24.3 Å². The molecule has 0 atom stereocenters. The molecule has 0 spiro atoms. The smallest absolute Gasteiger partial charge is 0.269 e. The summed E-state index contributed by atoms with van der Waals surface area (Å²) in [7, 11) is 0. The first-order valence-corrected chi connectivity index (χ1v) is 10.7. The van der Waals surface area contributed by atoms with E-state index < -0.39 is 4.92 Å². The van der Waals surface area contributed by atoms with Gasteiger partial charge in [-0.3, -0.25) is 10.1 Å². The summed E-state index contributed by atoms with van der Waals surface area (Å²) in [4.78, 5) is 15.5. The fourth-order valence-corrected chi connectivity index (χ4v) is 3.83. The van der Waals surface area contributed by atoms with Gasteiger partial charge in [-0.15, -0.1) is 0 Å². The van der Waals surface area contributed by atoms with Gasteiger partial charge in [0.1, 0.15) is 24.0 Å². The van der Waals surface area contributed by atoms with Crippen LogP contribution in [0.4, 0.5) is 10.1 Å². The number of nitrogens with zero attached hydrogens (tertiary/aromatic N) is 3. The van der Waals surface area contributed by atoms with E-state index in [-0.39, 0.29) is 11.5 Å². The number of benzene rings is 4. The number of imidazole rings is 1. The molecule has 7 heteroatoms. The van der Waals surface area contributed by atoms with Gasteiger partial charge in [-0.25, -0.2) is 9.37 Å². The third-order valence-electron chi connectivity index (χ3n) is 5.56. The van der Waals surface area contributed by atoms with Crippen molar-refractivity contribution in [2.45, 2.75) is 13.2 Å². The van der Waals surface area contributed by atoms with E-state index >= 15 is 0 Å². The third-order valence-corrected chi connectivity index (χ3v) is 5.56. The monoisotopic (exact) mass is 453 g/mol. The van der Waals surface area contributed by atoms with Gasteiger partial charge in [0.05, 0.1) is 16.0 Å². The van der Waals surface area contributed by atoms with Gasteiger partial charge in [0.2, 0.25) is 0 Å². The lowest BCUT2D eigenvalue weighted by Crippen LogP contribution is -2.02. The molecule has 1 heterocycles. The Hall–Kier alpha value is -4.52. The van der Waals surface area contributed by atoms with Crippen LogP contribution in [0.25, 0.3) is 22.4 Å². The molecule has 0 aliphatic heterocycles. The molecule has 4 aromatic carbocycles. The summed E-state index contributed by atoms with van der Waals surface area (Å²) < 4.78 is 21.4. The quantitative estimate of drug-likeness (QED) is 0.212. The minimum absolute atomic E-state index is 0.0153. The molecule has 34 heavy (non-hydrogen) atoms. The van der Waals surface area contributed by atoms with Crippen molar-refractivity contribution in [2.24, 2.45) is 0 Å². The van der Waals surface area contributed by atoms with Crippen LogP contribution in [0.15, 0.2) is 97.1 Å². The summed E-state index contributed by atoms with van der Waals surface area (Å²) in [5, 5.41) is 11.1. The number of halogens is 1. The number of rotatable bonds is 7. The number of non-ortho nitro benzene ring substituents is 1. The molecule has 0 aliphatic rings. The summed E-state index contributed by atoms with van der Waals surface area (Å²) >= 11 is 0. The van der Waals surface area contributed by atoms with Gasteiger partial charge in [-0.1, -0.05) is 42.5 Å². The molecule has 0 saturated carbocycles. The van der Waals surface area contributed by atoms with Gasteiger partial charge in [0.25, 0.3) is 5.69 Å². The molecule has 5 aromatic rings. The highest BCUT2D eigenvalue weighted by Gasteiger charge is 2.15. The van der Waals surface area contributed by atoms with Crippen LogP contribution in [-0.2, 0) is 13.2 Å². The highest BCUT2D eigenvalue weighted by atomic mass is 19.1. The van der Waals surface area contributed by atoms with Crippen LogP contribution in [0.2, 0.25) is 0 Å². The third kappa shape index (κ3) is 4.49. The molecule has 0 bridgehead atoms.